The van der Waals surface area contributed by atoms with Gasteiger partial charge in [-0.15, -0.1) is 0 Å². The molecule has 2 fully saturated rings. The van der Waals surface area contributed by atoms with Crippen molar-refractivity contribution >= 4 is 17.8 Å². The number of nitrogens with zero attached hydrogens (tertiary/aromatic N) is 3. The van der Waals surface area contributed by atoms with Crippen LogP contribution in [0, 0.1) is 11.3 Å². The minimum absolute atomic E-state index is 0.0756. The Hall–Kier alpha value is -3.79. The number of halogens is 6. The minimum atomic E-state index is -5.08. The standard InChI is InChI=1S/C20H24N4O2.2C2HF3O2/c25-19(23-10-16-4-3-6-21-9-16)8-20-14-24(11-17(20)13-26-15-20)12-18-5-1-2-7-22-18;2*3-2(4,5)1(6)7/h1-7,9,17H,8,10-15H2,(H,23,25);2*(H,6,7)/t17-,20+;;/m1../s1. The van der Waals surface area contributed by atoms with Gasteiger partial charge in [-0.05, 0) is 23.8 Å². The fourth-order valence-electron chi connectivity index (χ4n) is 4.12. The van der Waals surface area contributed by atoms with E-state index in [0.717, 1.165) is 37.5 Å². The SMILES string of the molecule is O=C(C[C@]12COC[C@H]1CN(Cc1ccccn1)C2)NCc1cccnc1.O=C(O)C(F)(F)F.O=C(O)C(F)(F)F. The maximum absolute atomic E-state index is 12.6. The monoisotopic (exact) mass is 580 g/mol. The van der Waals surface area contributed by atoms with E-state index in [1.165, 1.54) is 0 Å². The van der Waals surface area contributed by atoms with E-state index in [-0.39, 0.29) is 11.3 Å². The molecule has 2 aromatic heterocycles. The molecule has 0 bridgehead atoms. The zero-order valence-corrected chi connectivity index (χ0v) is 20.8. The first-order chi connectivity index (χ1) is 18.6. The molecule has 2 saturated heterocycles. The number of alkyl halides is 6. The lowest BCUT2D eigenvalue weighted by Crippen LogP contribution is -2.37. The molecule has 0 spiro atoms. The van der Waals surface area contributed by atoms with Crippen LogP contribution in [0.25, 0.3) is 0 Å². The van der Waals surface area contributed by atoms with Gasteiger partial charge in [-0.3, -0.25) is 19.7 Å². The number of amides is 1. The lowest BCUT2D eigenvalue weighted by Gasteiger charge is -2.26. The summed E-state index contributed by atoms with van der Waals surface area (Å²) in [6.45, 7) is 4.61. The summed E-state index contributed by atoms with van der Waals surface area (Å²) < 4.78 is 69.2. The largest absolute Gasteiger partial charge is 0.490 e. The number of carboxylic acids is 2. The third-order valence-electron chi connectivity index (χ3n) is 5.91. The second kappa shape index (κ2) is 14.0. The molecule has 3 N–H and O–H groups in total. The Kier molecular flexibility index (Phi) is 11.4. The summed E-state index contributed by atoms with van der Waals surface area (Å²) in [7, 11) is 0. The van der Waals surface area contributed by atoms with Crippen LogP contribution in [0.2, 0.25) is 0 Å². The van der Waals surface area contributed by atoms with Crippen LogP contribution in [-0.4, -0.2) is 81.6 Å². The van der Waals surface area contributed by atoms with Crippen molar-refractivity contribution in [3.63, 3.8) is 0 Å². The second-order valence-corrected chi connectivity index (χ2v) is 8.99. The topological polar surface area (TPSA) is 142 Å². The van der Waals surface area contributed by atoms with Crippen molar-refractivity contribution in [2.75, 3.05) is 26.3 Å². The third kappa shape index (κ3) is 10.4. The van der Waals surface area contributed by atoms with Gasteiger partial charge in [0.15, 0.2) is 0 Å². The number of hydrogen-bond donors (Lipinski definition) is 3. The van der Waals surface area contributed by atoms with Gasteiger partial charge in [-0.1, -0.05) is 12.1 Å². The number of aromatic nitrogens is 2. The Morgan fingerprint density at radius 3 is 2.20 bits per heavy atom. The van der Waals surface area contributed by atoms with E-state index < -0.39 is 24.3 Å². The zero-order chi connectivity index (χ0) is 30.0. The Bertz CT molecular complexity index is 1100. The summed E-state index contributed by atoms with van der Waals surface area (Å²) in [6, 6.07) is 9.86. The highest BCUT2D eigenvalue weighted by molar-refractivity contribution is 5.77. The minimum Gasteiger partial charge on any atom is -0.475 e. The molecule has 2 aliphatic rings. The van der Waals surface area contributed by atoms with Crippen LogP contribution in [-0.2, 0) is 32.2 Å². The van der Waals surface area contributed by atoms with Crippen LogP contribution < -0.4 is 5.32 Å². The fraction of sp³-hybridized carbons (Fsp3) is 0.458. The molecule has 4 rings (SSSR count). The van der Waals surface area contributed by atoms with Crippen molar-refractivity contribution in [3.05, 3.63) is 60.2 Å². The summed E-state index contributed by atoms with van der Waals surface area (Å²) in [4.78, 5) is 41.3. The number of hydrogen-bond acceptors (Lipinski definition) is 7. The molecule has 4 heterocycles. The van der Waals surface area contributed by atoms with Gasteiger partial charge in [-0.2, -0.15) is 26.3 Å². The molecule has 10 nitrogen and oxygen atoms in total. The smallest absolute Gasteiger partial charge is 0.475 e. The first-order valence-corrected chi connectivity index (χ1v) is 11.6. The summed E-state index contributed by atoms with van der Waals surface area (Å²) in [5.74, 6) is -5.01. The normalized spacial score (nSPS) is 20.3. The average Bonchev–Trinajstić information content (AvgIpc) is 3.39. The van der Waals surface area contributed by atoms with Crippen LogP contribution in [0.15, 0.2) is 48.9 Å². The molecular formula is C24H26F6N4O6. The van der Waals surface area contributed by atoms with Crippen molar-refractivity contribution in [1.29, 1.82) is 0 Å². The van der Waals surface area contributed by atoms with Gasteiger partial charge >= 0.3 is 24.3 Å². The van der Waals surface area contributed by atoms with E-state index >= 15 is 0 Å². The number of nitrogens with one attached hydrogen (secondary N) is 1. The van der Waals surface area contributed by atoms with Gasteiger partial charge in [0.25, 0.3) is 0 Å². The van der Waals surface area contributed by atoms with Crippen LogP contribution in [0.3, 0.4) is 0 Å². The maximum Gasteiger partial charge on any atom is 0.490 e. The van der Waals surface area contributed by atoms with E-state index in [2.05, 4.69) is 26.3 Å². The number of carboxylic acid groups (broad SMARTS) is 2. The van der Waals surface area contributed by atoms with Crippen molar-refractivity contribution in [2.45, 2.75) is 31.9 Å². The second-order valence-electron chi connectivity index (χ2n) is 8.99. The molecule has 2 aromatic rings. The third-order valence-corrected chi connectivity index (χ3v) is 5.91. The predicted molar refractivity (Wildman–Crippen MR) is 124 cm³/mol. The molecule has 1 amide bonds. The Morgan fingerprint density at radius 2 is 1.68 bits per heavy atom. The molecule has 2 aliphatic heterocycles. The fourth-order valence-corrected chi connectivity index (χ4v) is 4.12. The van der Waals surface area contributed by atoms with Crippen molar-refractivity contribution in [2.24, 2.45) is 11.3 Å². The van der Waals surface area contributed by atoms with Crippen LogP contribution in [0.1, 0.15) is 17.7 Å². The van der Waals surface area contributed by atoms with E-state index in [1.54, 1.807) is 12.4 Å². The van der Waals surface area contributed by atoms with Crippen molar-refractivity contribution in [1.82, 2.24) is 20.2 Å². The number of ether oxygens (including phenoxy) is 1. The quantitative estimate of drug-likeness (QED) is 0.440. The summed E-state index contributed by atoms with van der Waals surface area (Å²) in [5.41, 5.74) is 2.01. The summed E-state index contributed by atoms with van der Waals surface area (Å²) in [5, 5.41) is 17.3. The lowest BCUT2D eigenvalue weighted by molar-refractivity contribution is -0.193. The van der Waals surface area contributed by atoms with Gasteiger partial charge < -0.3 is 20.3 Å². The van der Waals surface area contributed by atoms with Crippen LogP contribution in [0.4, 0.5) is 26.3 Å². The van der Waals surface area contributed by atoms with Crippen LogP contribution in [0.5, 0.6) is 0 Å². The number of fused-ring (bicyclic) bond motifs is 1. The van der Waals surface area contributed by atoms with Crippen molar-refractivity contribution < 1.29 is 55.7 Å². The molecule has 0 aliphatic carbocycles. The number of rotatable bonds is 6. The molecule has 2 atom stereocenters. The van der Waals surface area contributed by atoms with Gasteiger partial charge in [0.05, 0.1) is 18.9 Å². The summed E-state index contributed by atoms with van der Waals surface area (Å²) in [6.07, 6.45) is -4.31. The molecule has 0 radical (unpaired) electrons. The molecule has 16 heteroatoms. The Labute approximate surface area is 224 Å². The predicted octanol–water partition coefficient (Wildman–Crippen LogP) is 2.90. The number of carbonyl (C=O) groups is 3. The van der Waals surface area contributed by atoms with Crippen LogP contribution >= 0.6 is 0 Å². The van der Waals surface area contributed by atoms with Gasteiger partial charge in [0.1, 0.15) is 0 Å². The molecule has 0 saturated carbocycles. The highest BCUT2D eigenvalue weighted by Gasteiger charge is 2.51. The first kappa shape index (κ1) is 32.4. The lowest BCUT2D eigenvalue weighted by atomic mass is 9.78. The average molecular weight is 580 g/mol. The van der Waals surface area contributed by atoms with E-state index in [1.807, 2.05) is 30.5 Å². The van der Waals surface area contributed by atoms with Gasteiger partial charge in [-0.25, -0.2) is 9.59 Å². The van der Waals surface area contributed by atoms with E-state index in [4.69, 9.17) is 24.5 Å². The van der Waals surface area contributed by atoms with E-state index in [0.29, 0.717) is 25.5 Å². The molecule has 220 valence electrons. The number of likely N-dealkylation sites (tertiary alicyclic amines) is 1. The number of pyridine rings is 2. The number of carbonyl (C=O) groups excluding carboxylic acids is 1. The van der Waals surface area contributed by atoms with Gasteiger partial charge in [0.2, 0.25) is 5.91 Å². The molecule has 0 unspecified atom stereocenters. The highest BCUT2D eigenvalue weighted by Crippen LogP contribution is 2.44. The Balaban J connectivity index is 0.000000333. The number of aliphatic carboxylic acids is 2. The van der Waals surface area contributed by atoms with Crippen molar-refractivity contribution in [3.8, 4) is 0 Å². The zero-order valence-electron chi connectivity index (χ0n) is 20.8. The van der Waals surface area contributed by atoms with Gasteiger partial charge in [0, 0.05) is 62.5 Å². The highest BCUT2D eigenvalue weighted by atomic mass is 19.4. The molecule has 0 aromatic carbocycles. The summed E-state index contributed by atoms with van der Waals surface area (Å²) >= 11 is 0. The molecule has 40 heavy (non-hydrogen) atoms. The first-order valence-electron chi connectivity index (χ1n) is 11.6. The van der Waals surface area contributed by atoms with E-state index in [9.17, 15) is 31.1 Å². The molecular weight excluding hydrogens is 554 g/mol. The maximum atomic E-state index is 12.6. The Morgan fingerprint density at radius 1 is 1.02 bits per heavy atom.